The second-order valence-electron chi connectivity index (χ2n) is 7.31. The van der Waals surface area contributed by atoms with Crippen LogP contribution < -0.4 is 9.64 Å². The zero-order valence-corrected chi connectivity index (χ0v) is 15.7. The maximum absolute atomic E-state index is 12.3. The highest BCUT2D eigenvalue weighted by molar-refractivity contribution is 5.97. The normalized spacial score (nSPS) is 17.9. The molecule has 6 heteroatoms. The summed E-state index contributed by atoms with van der Waals surface area (Å²) >= 11 is 0. The van der Waals surface area contributed by atoms with Crippen LogP contribution in [0.1, 0.15) is 34.7 Å². The molecule has 0 unspecified atom stereocenters. The fraction of sp³-hybridized carbons (Fsp3) is 0.364. The predicted molar refractivity (Wildman–Crippen MR) is 106 cm³/mol. The highest BCUT2D eigenvalue weighted by Crippen LogP contribution is 2.32. The first kappa shape index (κ1) is 18.5. The van der Waals surface area contributed by atoms with Gasteiger partial charge in [-0.25, -0.2) is 4.79 Å². The average Bonchev–Trinajstić information content (AvgIpc) is 2.73. The molecule has 0 aromatic heterocycles. The number of carbonyl (C=O) groups is 2. The van der Waals surface area contributed by atoms with Gasteiger partial charge in [0, 0.05) is 13.1 Å². The van der Waals surface area contributed by atoms with Crippen molar-refractivity contribution in [1.82, 2.24) is 4.90 Å². The monoisotopic (exact) mass is 380 g/mol. The van der Waals surface area contributed by atoms with E-state index in [0.29, 0.717) is 12.1 Å². The number of anilines is 1. The SMILES string of the molecule is O=C(O)c1ccccc1C1CCN(CCN2C(=O)COc3ccccc32)CC1. The number of carboxylic acids is 1. The molecule has 6 nitrogen and oxygen atoms in total. The molecular weight excluding hydrogens is 356 g/mol. The van der Waals surface area contributed by atoms with E-state index in [-0.39, 0.29) is 18.4 Å². The Balaban J connectivity index is 1.36. The van der Waals surface area contributed by atoms with E-state index in [2.05, 4.69) is 4.90 Å². The van der Waals surface area contributed by atoms with Crippen molar-refractivity contribution in [2.45, 2.75) is 18.8 Å². The summed E-state index contributed by atoms with van der Waals surface area (Å²) in [7, 11) is 0. The zero-order valence-electron chi connectivity index (χ0n) is 15.7. The summed E-state index contributed by atoms with van der Waals surface area (Å²) in [5.41, 5.74) is 2.19. The molecule has 0 aliphatic carbocycles. The summed E-state index contributed by atoms with van der Waals surface area (Å²) in [6, 6.07) is 14.9. The summed E-state index contributed by atoms with van der Waals surface area (Å²) in [6.07, 6.45) is 1.86. The molecule has 0 atom stereocenters. The van der Waals surface area contributed by atoms with Crippen LogP contribution in [0.3, 0.4) is 0 Å². The summed E-state index contributed by atoms with van der Waals surface area (Å²) in [5, 5.41) is 9.42. The number of piperidine rings is 1. The Bertz CT molecular complexity index is 874. The summed E-state index contributed by atoms with van der Waals surface area (Å²) in [4.78, 5) is 27.9. The standard InChI is InChI=1S/C22H24N2O4/c25-21-15-28-20-8-4-3-7-19(20)24(21)14-13-23-11-9-16(10-12-23)17-5-1-2-6-18(17)22(26)27/h1-8,16H,9-15H2,(H,26,27). The van der Waals surface area contributed by atoms with Gasteiger partial charge >= 0.3 is 5.97 Å². The third-order valence-electron chi connectivity index (χ3n) is 5.67. The number of hydrogen-bond donors (Lipinski definition) is 1. The first-order valence-corrected chi connectivity index (χ1v) is 9.70. The largest absolute Gasteiger partial charge is 0.482 e. The Labute approximate surface area is 164 Å². The van der Waals surface area contributed by atoms with E-state index in [1.54, 1.807) is 12.1 Å². The minimum Gasteiger partial charge on any atom is -0.482 e. The number of ether oxygens (including phenoxy) is 1. The van der Waals surface area contributed by atoms with Gasteiger partial charge in [0.05, 0.1) is 11.3 Å². The first-order chi connectivity index (χ1) is 13.6. The third-order valence-corrected chi connectivity index (χ3v) is 5.67. The molecule has 2 aromatic rings. The van der Waals surface area contributed by atoms with Gasteiger partial charge in [0.2, 0.25) is 0 Å². The molecule has 2 aliphatic rings. The number of rotatable bonds is 5. The van der Waals surface area contributed by atoms with Crippen LogP contribution in [0.2, 0.25) is 0 Å². The van der Waals surface area contributed by atoms with Gasteiger partial charge in [0.25, 0.3) is 5.91 Å². The van der Waals surface area contributed by atoms with Crippen LogP contribution in [0.5, 0.6) is 5.75 Å². The van der Waals surface area contributed by atoms with E-state index < -0.39 is 5.97 Å². The van der Waals surface area contributed by atoms with Gasteiger partial charge in [-0.05, 0) is 55.6 Å². The maximum atomic E-state index is 12.3. The molecule has 0 spiro atoms. The molecule has 4 rings (SSSR count). The highest BCUT2D eigenvalue weighted by atomic mass is 16.5. The second-order valence-corrected chi connectivity index (χ2v) is 7.31. The number of amides is 1. The first-order valence-electron chi connectivity index (χ1n) is 9.70. The molecule has 1 amide bonds. The van der Waals surface area contributed by atoms with E-state index in [9.17, 15) is 14.7 Å². The van der Waals surface area contributed by atoms with Crippen LogP contribution in [0.4, 0.5) is 5.69 Å². The van der Waals surface area contributed by atoms with Gasteiger partial charge in [0.15, 0.2) is 6.61 Å². The van der Waals surface area contributed by atoms with E-state index >= 15 is 0 Å². The molecule has 1 N–H and O–H groups in total. The summed E-state index contributed by atoms with van der Waals surface area (Å²) in [5.74, 6) is 0.159. The molecule has 1 saturated heterocycles. The van der Waals surface area contributed by atoms with Crippen LogP contribution in [0.25, 0.3) is 0 Å². The maximum Gasteiger partial charge on any atom is 0.335 e. The number of carboxylic acid groups (broad SMARTS) is 1. The lowest BCUT2D eigenvalue weighted by atomic mass is 9.86. The van der Waals surface area contributed by atoms with Gasteiger partial charge < -0.3 is 19.6 Å². The fourth-order valence-corrected chi connectivity index (χ4v) is 4.16. The van der Waals surface area contributed by atoms with Crippen molar-refractivity contribution in [3.05, 3.63) is 59.7 Å². The van der Waals surface area contributed by atoms with Crippen LogP contribution in [0, 0.1) is 0 Å². The van der Waals surface area contributed by atoms with Crippen molar-refractivity contribution in [3.63, 3.8) is 0 Å². The quantitative estimate of drug-likeness (QED) is 0.864. The molecule has 0 saturated carbocycles. The number of likely N-dealkylation sites (tertiary alicyclic amines) is 1. The molecule has 1 fully saturated rings. The minimum absolute atomic E-state index is 0.0102. The van der Waals surface area contributed by atoms with Crippen molar-refractivity contribution in [2.24, 2.45) is 0 Å². The number of aromatic carboxylic acids is 1. The van der Waals surface area contributed by atoms with Crippen LogP contribution in [-0.4, -0.2) is 54.7 Å². The highest BCUT2D eigenvalue weighted by Gasteiger charge is 2.27. The lowest BCUT2D eigenvalue weighted by Gasteiger charge is -2.35. The van der Waals surface area contributed by atoms with Crippen molar-refractivity contribution in [2.75, 3.05) is 37.7 Å². The topological polar surface area (TPSA) is 70.1 Å². The van der Waals surface area contributed by atoms with Crippen molar-refractivity contribution in [3.8, 4) is 5.75 Å². The van der Waals surface area contributed by atoms with E-state index in [4.69, 9.17) is 4.74 Å². The predicted octanol–water partition coefficient (Wildman–Crippen LogP) is 2.99. The molecule has 0 bridgehead atoms. The van der Waals surface area contributed by atoms with Gasteiger partial charge in [-0.3, -0.25) is 4.79 Å². The Morgan fingerprint density at radius 3 is 2.54 bits per heavy atom. The smallest absolute Gasteiger partial charge is 0.335 e. The third kappa shape index (κ3) is 3.73. The Kier molecular flexibility index (Phi) is 5.30. The van der Waals surface area contributed by atoms with Gasteiger partial charge in [-0.1, -0.05) is 30.3 Å². The van der Waals surface area contributed by atoms with E-state index in [1.165, 1.54) is 0 Å². The van der Waals surface area contributed by atoms with Gasteiger partial charge in [0.1, 0.15) is 5.75 Å². The minimum atomic E-state index is -0.859. The van der Waals surface area contributed by atoms with E-state index in [1.807, 2.05) is 41.3 Å². The fourth-order valence-electron chi connectivity index (χ4n) is 4.16. The number of carbonyl (C=O) groups excluding carboxylic acids is 1. The Hall–Kier alpha value is -2.86. The Morgan fingerprint density at radius 1 is 1.04 bits per heavy atom. The Morgan fingerprint density at radius 2 is 1.75 bits per heavy atom. The summed E-state index contributed by atoms with van der Waals surface area (Å²) < 4.78 is 5.50. The molecule has 2 aliphatic heterocycles. The molecule has 28 heavy (non-hydrogen) atoms. The number of benzene rings is 2. The van der Waals surface area contributed by atoms with Gasteiger partial charge in [-0.2, -0.15) is 0 Å². The van der Waals surface area contributed by atoms with Crippen molar-refractivity contribution >= 4 is 17.6 Å². The van der Waals surface area contributed by atoms with Crippen LogP contribution >= 0.6 is 0 Å². The number of fused-ring (bicyclic) bond motifs is 1. The lowest BCUT2D eigenvalue weighted by molar-refractivity contribution is -0.121. The molecular formula is C22H24N2O4. The second kappa shape index (κ2) is 8.02. The van der Waals surface area contributed by atoms with Crippen LogP contribution in [-0.2, 0) is 4.79 Å². The lowest BCUT2D eigenvalue weighted by Crippen LogP contribution is -2.45. The zero-order chi connectivity index (χ0) is 19.5. The number of hydrogen-bond acceptors (Lipinski definition) is 4. The number of nitrogens with zero attached hydrogens (tertiary/aromatic N) is 2. The van der Waals surface area contributed by atoms with Gasteiger partial charge in [-0.15, -0.1) is 0 Å². The molecule has 2 aromatic carbocycles. The number of para-hydroxylation sites is 2. The molecule has 0 radical (unpaired) electrons. The van der Waals surface area contributed by atoms with Crippen LogP contribution in [0.15, 0.2) is 48.5 Å². The average molecular weight is 380 g/mol. The summed E-state index contributed by atoms with van der Waals surface area (Å²) in [6.45, 7) is 3.33. The van der Waals surface area contributed by atoms with Crippen molar-refractivity contribution < 1.29 is 19.4 Å². The molecule has 2 heterocycles. The van der Waals surface area contributed by atoms with E-state index in [0.717, 1.165) is 49.5 Å². The molecule has 146 valence electrons. The van der Waals surface area contributed by atoms with Crippen molar-refractivity contribution in [1.29, 1.82) is 0 Å².